The van der Waals surface area contributed by atoms with Crippen molar-refractivity contribution < 1.29 is 31.1 Å². The van der Waals surface area contributed by atoms with Crippen LogP contribution in [-0.4, -0.2) is 19.3 Å². The van der Waals surface area contributed by atoms with Crippen molar-refractivity contribution in [3.63, 3.8) is 0 Å². The molecule has 0 atom stereocenters. The maximum absolute atomic E-state index is 12.7. The number of sulfone groups is 1. The molecule has 170 valence electrons. The number of aryl methyl sites for hydroxylation is 1. The highest BCUT2D eigenvalue weighted by molar-refractivity contribution is 7.94. The second kappa shape index (κ2) is 8.67. The van der Waals surface area contributed by atoms with Gasteiger partial charge in [0.15, 0.2) is 9.84 Å². The number of hydrogen-bond donors (Lipinski definition) is 0. The lowest BCUT2D eigenvalue weighted by molar-refractivity contribution is -0.274. The Morgan fingerprint density at radius 2 is 1.42 bits per heavy atom. The quantitative estimate of drug-likeness (QED) is 0.329. The average molecular weight is 473 g/mol. The summed E-state index contributed by atoms with van der Waals surface area (Å²) in [5.74, 6) is 0.237. The van der Waals surface area contributed by atoms with E-state index in [4.69, 9.17) is 4.74 Å². The van der Waals surface area contributed by atoms with Crippen molar-refractivity contribution >= 4 is 26.8 Å². The Balaban J connectivity index is 1.46. The monoisotopic (exact) mass is 473 g/mol. The lowest BCUT2D eigenvalue weighted by atomic mass is 10.2. The number of hydrogen-bond acceptors (Lipinski definition) is 4. The summed E-state index contributed by atoms with van der Waals surface area (Å²) in [5.41, 5.74) is 1.74. The van der Waals surface area contributed by atoms with Crippen LogP contribution >= 0.6 is 0 Å². The first-order valence-electron chi connectivity index (χ1n) is 9.72. The van der Waals surface area contributed by atoms with Gasteiger partial charge in [-0.15, -0.1) is 13.2 Å². The highest BCUT2D eigenvalue weighted by Gasteiger charge is 2.31. The van der Waals surface area contributed by atoms with Gasteiger partial charge in [0.1, 0.15) is 17.2 Å². The van der Waals surface area contributed by atoms with E-state index in [9.17, 15) is 21.6 Å². The molecular formula is C24H18F3NO4S. The minimum absolute atomic E-state index is 0.0822. The fourth-order valence-electron chi connectivity index (χ4n) is 3.25. The van der Waals surface area contributed by atoms with Crippen LogP contribution in [0.5, 0.6) is 17.2 Å². The molecule has 4 rings (SSSR count). The van der Waals surface area contributed by atoms with Crippen LogP contribution in [0.1, 0.15) is 5.69 Å². The van der Waals surface area contributed by atoms with Gasteiger partial charge in [-0.2, -0.15) is 0 Å². The van der Waals surface area contributed by atoms with Gasteiger partial charge in [-0.3, -0.25) is 0 Å². The molecule has 0 aliphatic heterocycles. The highest BCUT2D eigenvalue weighted by atomic mass is 32.2. The lowest BCUT2D eigenvalue weighted by Gasteiger charge is -2.10. The first kappa shape index (κ1) is 22.5. The van der Waals surface area contributed by atoms with Gasteiger partial charge in [-0.25, -0.2) is 8.42 Å². The summed E-state index contributed by atoms with van der Waals surface area (Å²) in [7, 11) is -1.83. The number of fused-ring (bicyclic) bond motifs is 1. The molecule has 3 aromatic carbocycles. The van der Waals surface area contributed by atoms with Crippen LogP contribution in [-0.2, 0) is 16.9 Å². The summed E-state index contributed by atoms with van der Waals surface area (Å²) in [4.78, 5) is 0.0822. The predicted molar refractivity (Wildman–Crippen MR) is 119 cm³/mol. The maximum atomic E-state index is 12.7. The Morgan fingerprint density at radius 3 is 2.03 bits per heavy atom. The number of nitrogens with zero attached hydrogens (tertiary/aromatic N) is 1. The van der Waals surface area contributed by atoms with Crippen molar-refractivity contribution in [2.45, 2.75) is 11.3 Å². The second-order valence-electron chi connectivity index (χ2n) is 7.13. The van der Waals surface area contributed by atoms with Crippen LogP contribution in [0, 0.1) is 0 Å². The van der Waals surface area contributed by atoms with Gasteiger partial charge in [0, 0.05) is 29.1 Å². The number of alkyl halides is 3. The first-order chi connectivity index (χ1) is 15.6. The molecule has 0 aliphatic rings. The number of aromatic nitrogens is 1. The Morgan fingerprint density at radius 1 is 0.848 bits per heavy atom. The van der Waals surface area contributed by atoms with Crippen LogP contribution < -0.4 is 9.47 Å². The van der Waals surface area contributed by atoms with E-state index in [1.807, 2.05) is 41.9 Å². The smallest absolute Gasteiger partial charge is 0.457 e. The van der Waals surface area contributed by atoms with Crippen molar-refractivity contribution in [3.8, 4) is 17.2 Å². The summed E-state index contributed by atoms with van der Waals surface area (Å²) in [6, 6.07) is 20.3. The Labute approximate surface area is 188 Å². The zero-order chi connectivity index (χ0) is 23.6. The molecule has 5 nitrogen and oxygen atoms in total. The van der Waals surface area contributed by atoms with Crippen molar-refractivity contribution in [2.75, 3.05) is 0 Å². The van der Waals surface area contributed by atoms with E-state index in [0.29, 0.717) is 5.75 Å². The predicted octanol–water partition coefficient (Wildman–Crippen LogP) is 6.31. The third kappa shape index (κ3) is 5.38. The molecular weight excluding hydrogens is 455 g/mol. The minimum atomic E-state index is -4.77. The second-order valence-corrected chi connectivity index (χ2v) is 8.96. The summed E-state index contributed by atoms with van der Waals surface area (Å²) in [5, 5.41) is 2.16. The van der Waals surface area contributed by atoms with Crippen LogP contribution in [0.2, 0.25) is 0 Å². The van der Waals surface area contributed by atoms with E-state index in [-0.39, 0.29) is 16.4 Å². The molecule has 0 bridgehead atoms. The zero-order valence-electron chi connectivity index (χ0n) is 17.3. The van der Waals surface area contributed by atoms with Crippen molar-refractivity contribution in [1.29, 1.82) is 0 Å². The topological polar surface area (TPSA) is 57.5 Å². The molecule has 0 aliphatic carbocycles. The molecule has 0 spiro atoms. The van der Waals surface area contributed by atoms with Crippen molar-refractivity contribution in [1.82, 2.24) is 4.57 Å². The SMILES string of the molecule is Cn1c(C=CS(=O)(=O)c2ccc(Oc3ccc(OC(F)(F)F)cc3)cc2)cc2ccccc21. The molecule has 0 saturated carbocycles. The van der Waals surface area contributed by atoms with E-state index >= 15 is 0 Å². The third-order valence-corrected chi connectivity index (χ3v) is 6.28. The van der Waals surface area contributed by atoms with Crippen LogP contribution in [0.4, 0.5) is 13.2 Å². The molecule has 9 heteroatoms. The first-order valence-corrected chi connectivity index (χ1v) is 11.3. The number of para-hydroxylation sites is 1. The average Bonchev–Trinajstić information content (AvgIpc) is 3.09. The summed E-state index contributed by atoms with van der Waals surface area (Å²) < 4.78 is 73.4. The lowest BCUT2D eigenvalue weighted by Crippen LogP contribution is -2.16. The van der Waals surface area contributed by atoms with E-state index in [1.165, 1.54) is 36.4 Å². The maximum Gasteiger partial charge on any atom is 0.573 e. The molecule has 0 radical (unpaired) electrons. The number of rotatable bonds is 6. The standard InChI is InChI=1S/C24H18F3NO4S/c1-28-18(16-17-4-2-3-5-23(17)28)14-15-33(29,30)22-12-10-20(11-13-22)31-19-6-8-21(9-7-19)32-24(25,26)27/h2-16H,1H3. The van der Waals surface area contributed by atoms with E-state index in [0.717, 1.165) is 34.1 Å². The summed E-state index contributed by atoms with van der Waals surface area (Å²) >= 11 is 0. The molecule has 1 aromatic heterocycles. The summed E-state index contributed by atoms with van der Waals surface area (Å²) in [6.45, 7) is 0. The van der Waals surface area contributed by atoms with Gasteiger partial charge >= 0.3 is 6.36 Å². The van der Waals surface area contributed by atoms with E-state index in [1.54, 1.807) is 6.08 Å². The number of halogens is 3. The normalized spacial score (nSPS) is 12.4. The Hall–Kier alpha value is -3.72. The largest absolute Gasteiger partial charge is 0.573 e. The van der Waals surface area contributed by atoms with Gasteiger partial charge in [0.2, 0.25) is 0 Å². The molecule has 33 heavy (non-hydrogen) atoms. The van der Waals surface area contributed by atoms with Crippen molar-refractivity contribution in [2.24, 2.45) is 7.05 Å². The van der Waals surface area contributed by atoms with Crippen LogP contribution in [0.15, 0.2) is 89.2 Å². The molecule has 0 unspecified atom stereocenters. The third-order valence-electron chi connectivity index (χ3n) is 4.85. The fraction of sp³-hybridized carbons (Fsp3) is 0.0833. The Kier molecular flexibility index (Phi) is 5.90. The minimum Gasteiger partial charge on any atom is -0.457 e. The number of benzene rings is 3. The molecule has 0 saturated heterocycles. The van der Waals surface area contributed by atoms with Crippen LogP contribution in [0.25, 0.3) is 17.0 Å². The van der Waals surface area contributed by atoms with Gasteiger partial charge in [-0.1, -0.05) is 18.2 Å². The van der Waals surface area contributed by atoms with Crippen molar-refractivity contribution in [3.05, 3.63) is 90.0 Å². The zero-order valence-corrected chi connectivity index (χ0v) is 18.1. The molecule has 0 amide bonds. The van der Waals surface area contributed by atoms with E-state index < -0.39 is 16.2 Å². The summed E-state index contributed by atoms with van der Waals surface area (Å²) in [6.07, 6.45) is -3.23. The highest BCUT2D eigenvalue weighted by Crippen LogP contribution is 2.28. The van der Waals surface area contributed by atoms with Crippen LogP contribution in [0.3, 0.4) is 0 Å². The van der Waals surface area contributed by atoms with Gasteiger partial charge < -0.3 is 14.0 Å². The Bertz CT molecular complexity index is 1410. The molecule has 1 heterocycles. The number of ether oxygens (including phenoxy) is 2. The molecule has 0 N–H and O–H groups in total. The molecule has 4 aromatic rings. The molecule has 0 fully saturated rings. The van der Waals surface area contributed by atoms with Gasteiger partial charge in [0.25, 0.3) is 0 Å². The fourth-order valence-corrected chi connectivity index (χ4v) is 4.24. The van der Waals surface area contributed by atoms with Gasteiger partial charge in [0.05, 0.1) is 4.90 Å². The van der Waals surface area contributed by atoms with Gasteiger partial charge in [-0.05, 0) is 66.7 Å². The van der Waals surface area contributed by atoms with E-state index in [2.05, 4.69) is 4.74 Å².